The topological polar surface area (TPSA) is 91.8 Å². The molecule has 1 aromatic heterocycles. The van der Waals surface area contributed by atoms with E-state index < -0.39 is 4.92 Å². The predicted molar refractivity (Wildman–Crippen MR) is 63.6 cm³/mol. The number of anilines is 1. The van der Waals surface area contributed by atoms with Crippen LogP contribution in [0.1, 0.15) is 25.8 Å². The summed E-state index contributed by atoms with van der Waals surface area (Å²) >= 11 is 0. The van der Waals surface area contributed by atoms with E-state index in [1.165, 1.54) is 12.3 Å². The van der Waals surface area contributed by atoms with Crippen LogP contribution < -0.4 is 5.32 Å². The minimum Gasteiger partial charge on any atom is -0.364 e. The molecule has 0 aliphatic rings. The molecule has 0 aromatic carbocycles. The fourth-order valence-corrected chi connectivity index (χ4v) is 1.34. The molecule has 0 atom stereocenters. The number of aromatic nitrogens is 1. The second-order valence-electron chi connectivity index (χ2n) is 4.03. The largest absolute Gasteiger partial charge is 0.364 e. The minimum atomic E-state index is -0.580. The maximum absolute atomic E-state index is 10.9. The molecule has 0 bridgehead atoms. The molecular weight excluding hydrogens is 220 g/mol. The Bertz CT molecular complexity index is 451. The molecule has 1 aromatic rings. The quantitative estimate of drug-likeness (QED) is 0.623. The normalized spacial score (nSPS) is 10.0. The molecule has 0 fully saturated rings. The van der Waals surface area contributed by atoms with E-state index in [0.29, 0.717) is 12.5 Å². The summed E-state index contributed by atoms with van der Waals surface area (Å²) in [4.78, 5) is 14.2. The van der Waals surface area contributed by atoms with Crippen LogP contribution in [0.3, 0.4) is 0 Å². The molecule has 90 valence electrons. The van der Waals surface area contributed by atoms with Crippen LogP contribution in [0.2, 0.25) is 0 Å². The van der Waals surface area contributed by atoms with E-state index >= 15 is 0 Å². The van der Waals surface area contributed by atoms with Gasteiger partial charge >= 0.3 is 5.69 Å². The molecule has 0 saturated carbocycles. The maximum atomic E-state index is 10.9. The first-order valence-corrected chi connectivity index (χ1v) is 5.33. The van der Waals surface area contributed by atoms with E-state index in [1.54, 1.807) is 6.07 Å². The highest BCUT2D eigenvalue weighted by atomic mass is 16.6. The average Bonchev–Trinajstić information content (AvgIpc) is 2.27. The number of nitrogens with zero attached hydrogens (tertiary/aromatic N) is 3. The fraction of sp³-hybridized carbons (Fsp3) is 0.455. The predicted octanol–water partition coefficient (Wildman–Crippen LogP) is 2.32. The lowest BCUT2D eigenvalue weighted by Gasteiger charge is -2.08. The number of hydrogen-bond donors (Lipinski definition) is 1. The Hall–Kier alpha value is -2.16. The van der Waals surface area contributed by atoms with E-state index in [-0.39, 0.29) is 17.1 Å². The SMILES string of the molecule is CC(C)CCNc1nccc(C#N)c1[N+](=O)[O-]. The Morgan fingerprint density at radius 1 is 1.65 bits per heavy atom. The highest BCUT2D eigenvalue weighted by Crippen LogP contribution is 2.25. The van der Waals surface area contributed by atoms with Gasteiger partial charge in [-0.2, -0.15) is 5.26 Å². The zero-order valence-electron chi connectivity index (χ0n) is 9.80. The van der Waals surface area contributed by atoms with E-state index in [0.717, 1.165) is 6.42 Å². The molecule has 0 saturated heterocycles. The molecule has 1 rings (SSSR count). The van der Waals surface area contributed by atoms with Crippen LogP contribution >= 0.6 is 0 Å². The number of nitrogens with one attached hydrogen (secondary N) is 1. The molecule has 0 radical (unpaired) electrons. The molecule has 0 spiro atoms. The lowest BCUT2D eigenvalue weighted by molar-refractivity contribution is -0.384. The Balaban J connectivity index is 2.92. The van der Waals surface area contributed by atoms with Crippen LogP contribution in [0.25, 0.3) is 0 Å². The summed E-state index contributed by atoms with van der Waals surface area (Å²) in [5.74, 6) is 0.662. The van der Waals surface area contributed by atoms with Crippen LogP contribution in [0.15, 0.2) is 12.3 Å². The van der Waals surface area contributed by atoms with Crippen molar-refractivity contribution in [2.24, 2.45) is 5.92 Å². The molecule has 0 amide bonds. The summed E-state index contributed by atoms with van der Waals surface area (Å²) in [6, 6.07) is 3.13. The van der Waals surface area contributed by atoms with Gasteiger partial charge in [0.25, 0.3) is 0 Å². The first-order valence-electron chi connectivity index (χ1n) is 5.33. The number of pyridine rings is 1. The molecule has 1 N–H and O–H groups in total. The van der Waals surface area contributed by atoms with E-state index in [9.17, 15) is 10.1 Å². The molecule has 1 heterocycles. The van der Waals surface area contributed by atoms with Gasteiger partial charge in [0.05, 0.1) is 4.92 Å². The highest BCUT2D eigenvalue weighted by Gasteiger charge is 2.20. The summed E-state index contributed by atoms with van der Waals surface area (Å²) in [6.07, 6.45) is 2.28. The summed E-state index contributed by atoms with van der Waals surface area (Å²) in [7, 11) is 0. The Kier molecular flexibility index (Phi) is 4.40. The monoisotopic (exact) mass is 234 g/mol. The van der Waals surface area contributed by atoms with Gasteiger partial charge in [0.15, 0.2) is 0 Å². The van der Waals surface area contributed by atoms with Gasteiger partial charge in [-0.1, -0.05) is 13.8 Å². The van der Waals surface area contributed by atoms with Gasteiger partial charge in [0, 0.05) is 12.7 Å². The van der Waals surface area contributed by atoms with Crippen molar-refractivity contribution in [1.82, 2.24) is 4.98 Å². The zero-order valence-corrected chi connectivity index (χ0v) is 9.80. The average molecular weight is 234 g/mol. The van der Waals surface area contributed by atoms with Crippen molar-refractivity contribution in [2.75, 3.05) is 11.9 Å². The van der Waals surface area contributed by atoms with Crippen molar-refractivity contribution >= 4 is 11.5 Å². The molecule has 0 aliphatic carbocycles. The van der Waals surface area contributed by atoms with E-state index in [4.69, 9.17) is 5.26 Å². The zero-order chi connectivity index (χ0) is 12.8. The van der Waals surface area contributed by atoms with Crippen LogP contribution in [-0.2, 0) is 0 Å². The molecule has 0 unspecified atom stereocenters. The molecule has 0 aliphatic heterocycles. The van der Waals surface area contributed by atoms with E-state index in [1.807, 2.05) is 0 Å². The minimum absolute atomic E-state index is 0.0250. The Morgan fingerprint density at radius 3 is 2.88 bits per heavy atom. The third-order valence-electron chi connectivity index (χ3n) is 2.24. The van der Waals surface area contributed by atoms with Gasteiger partial charge in [-0.15, -0.1) is 0 Å². The number of nitriles is 1. The van der Waals surface area contributed by atoms with Crippen LogP contribution in [0.4, 0.5) is 11.5 Å². The summed E-state index contributed by atoms with van der Waals surface area (Å²) in [6.45, 7) is 4.73. The van der Waals surface area contributed by atoms with Gasteiger partial charge in [0.2, 0.25) is 5.82 Å². The molecular formula is C11H14N4O2. The smallest absolute Gasteiger partial charge is 0.328 e. The van der Waals surface area contributed by atoms with E-state index in [2.05, 4.69) is 24.1 Å². The van der Waals surface area contributed by atoms with Crippen LogP contribution in [0, 0.1) is 27.4 Å². The number of hydrogen-bond acceptors (Lipinski definition) is 5. The van der Waals surface area contributed by atoms with Crippen LogP contribution in [-0.4, -0.2) is 16.5 Å². The third kappa shape index (κ3) is 3.41. The van der Waals surface area contributed by atoms with Crippen molar-refractivity contribution in [3.63, 3.8) is 0 Å². The van der Waals surface area contributed by atoms with Gasteiger partial charge in [-0.05, 0) is 18.4 Å². The number of rotatable bonds is 5. The third-order valence-corrected chi connectivity index (χ3v) is 2.24. The van der Waals surface area contributed by atoms with Crippen molar-refractivity contribution < 1.29 is 4.92 Å². The lowest BCUT2D eigenvalue weighted by atomic mass is 10.1. The second-order valence-corrected chi connectivity index (χ2v) is 4.03. The summed E-state index contributed by atoms with van der Waals surface area (Å²) in [5, 5.41) is 22.6. The summed E-state index contributed by atoms with van der Waals surface area (Å²) in [5.41, 5.74) is -0.226. The lowest BCUT2D eigenvalue weighted by Crippen LogP contribution is -2.09. The first kappa shape index (κ1) is 12.9. The number of nitro groups is 1. The Morgan fingerprint density at radius 2 is 2.35 bits per heavy atom. The molecule has 6 nitrogen and oxygen atoms in total. The standard InChI is InChI=1S/C11H14N4O2/c1-8(2)3-5-13-11-10(15(16)17)9(7-12)4-6-14-11/h4,6,8H,3,5H2,1-2H3,(H,13,14). The Labute approximate surface area is 99.4 Å². The first-order chi connectivity index (χ1) is 8.06. The second kappa shape index (κ2) is 5.80. The van der Waals surface area contributed by atoms with Gasteiger partial charge in [-0.25, -0.2) is 4.98 Å². The van der Waals surface area contributed by atoms with Crippen molar-refractivity contribution in [3.05, 3.63) is 27.9 Å². The summed E-state index contributed by atoms with van der Waals surface area (Å²) < 4.78 is 0. The van der Waals surface area contributed by atoms with Gasteiger partial charge < -0.3 is 5.32 Å². The van der Waals surface area contributed by atoms with Gasteiger partial charge in [-0.3, -0.25) is 10.1 Å². The molecule has 17 heavy (non-hydrogen) atoms. The molecule has 6 heteroatoms. The van der Waals surface area contributed by atoms with Crippen molar-refractivity contribution in [1.29, 1.82) is 5.26 Å². The highest BCUT2D eigenvalue weighted by molar-refractivity contribution is 5.63. The van der Waals surface area contributed by atoms with Crippen LogP contribution in [0.5, 0.6) is 0 Å². The van der Waals surface area contributed by atoms with Crippen molar-refractivity contribution in [3.8, 4) is 6.07 Å². The van der Waals surface area contributed by atoms with Gasteiger partial charge in [0.1, 0.15) is 11.6 Å². The maximum Gasteiger partial charge on any atom is 0.328 e. The van der Waals surface area contributed by atoms with Crippen molar-refractivity contribution in [2.45, 2.75) is 20.3 Å². The fourth-order valence-electron chi connectivity index (χ4n) is 1.34.